The van der Waals surface area contributed by atoms with Gasteiger partial charge in [0.2, 0.25) is 11.6 Å². The molecule has 88 valence electrons. The highest BCUT2D eigenvalue weighted by Crippen LogP contribution is 2.26. The van der Waals surface area contributed by atoms with Crippen LogP contribution >= 0.6 is 11.3 Å². The van der Waals surface area contributed by atoms with E-state index in [0.717, 1.165) is 5.01 Å². The van der Waals surface area contributed by atoms with E-state index in [2.05, 4.69) is 20.3 Å². The Labute approximate surface area is 99.7 Å². The van der Waals surface area contributed by atoms with Crippen LogP contribution < -0.4 is 11.1 Å². The number of nitrogens with zero attached hydrogens (tertiary/aromatic N) is 4. The van der Waals surface area contributed by atoms with Gasteiger partial charge in [-0.25, -0.2) is 15.0 Å². The molecule has 0 amide bonds. The highest BCUT2D eigenvalue weighted by atomic mass is 32.1. The molecule has 17 heavy (non-hydrogen) atoms. The first-order valence-corrected chi connectivity index (χ1v) is 5.43. The Kier molecular flexibility index (Phi) is 3.10. The summed E-state index contributed by atoms with van der Waals surface area (Å²) in [5.41, 5.74) is 5.11. The van der Waals surface area contributed by atoms with Crippen LogP contribution in [-0.4, -0.2) is 19.9 Å². The quantitative estimate of drug-likeness (QED) is 0.616. The second-order valence-corrected chi connectivity index (χ2v) is 3.97. The third-order valence-electron chi connectivity index (χ3n) is 1.92. The Morgan fingerprint density at radius 3 is 2.94 bits per heavy atom. The Bertz CT molecular complexity index is 529. The molecule has 0 atom stereocenters. The van der Waals surface area contributed by atoms with Crippen LogP contribution in [0.1, 0.15) is 5.01 Å². The van der Waals surface area contributed by atoms with Crippen LogP contribution in [0.15, 0.2) is 17.9 Å². The minimum atomic E-state index is -0.612. The Balaban J connectivity index is 2.21. The van der Waals surface area contributed by atoms with Crippen molar-refractivity contribution < 1.29 is 4.92 Å². The molecule has 8 nitrogen and oxygen atoms in total. The summed E-state index contributed by atoms with van der Waals surface area (Å²) in [6.07, 6.45) is 2.83. The molecule has 0 aliphatic rings. The summed E-state index contributed by atoms with van der Waals surface area (Å²) in [6, 6.07) is 0. The number of nitrogens with two attached hydrogens (primary N) is 1. The molecule has 2 aromatic heterocycles. The van der Waals surface area contributed by atoms with E-state index in [1.165, 1.54) is 17.7 Å². The molecule has 2 rings (SSSR count). The number of thiazole rings is 1. The van der Waals surface area contributed by atoms with Crippen LogP contribution in [0.4, 0.5) is 17.3 Å². The van der Waals surface area contributed by atoms with Crippen molar-refractivity contribution in [2.75, 3.05) is 11.1 Å². The second-order valence-electron chi connectivity index (χ2n) is 2.99. The summed E-state index contributed by atoms with van der Waals surface area (Å²) >= 11 is 1.44. The average molecular weight is 252 g/mol. The number of nitro groups is 1. The van der Waals surface area contributed by atoms with Crippen molar-refractivity contribution in [3.8, 4) is 0 Å². The zero-order valence-electron chi connectivity index (χ0n) is 8.53. The lowest BCUT2D eigenvalue weighted by molar-refractivity contribution is -0.383. The molecule has 0 fully saturated rings. The third-order valence-corrected chi connectivity index (χ3v) is 2.70. The molecule has 0 aliphatic carbocycles. The number of hydrogen-bond acceptors (Lipinski definition) is 8. The van der Waals surface area contributed by atoms with Crippen molar-refractivity contribution in [3.05, 3.63) is 33.0 Å². The molecule has 9 heteroatoms. The lowest BCUT2D eigenvalue weighted by Gasteiger charge is -2.04. The fraction of sp³-hybridized carbons (Fsp3) is 0.125. The van der Waals surface area contributed by atoms with E-state index in [1.54, 1.807) is 6.20 Å². The summed E-state index contributed by atoms with van der Waals surface area (Å²) in [7, 11) is 0. The number of aromatic nitrogens is 3. The highest BCUT2D eigenvalue weighted by molar-refractivity contribution is 7.09. The van der Waals surface area contributed by atoms with Gasteiger partial charge < -0.3 is 11.1 Å². The zero-order chi connectivity index (χ0) is 12.3. The molecule has 0 unspecified atom stereocenters. The van der Waals surface area contributed by atoms with Gasteiger partial charge in [-0.3, -0.25) is 10.1 Å². The topological polar surface area (TPSA) is 120 Å². The second kappa shape index (κ2) is 4.70. The summed E-state index contributed by atoms with van der Waals surface area (Å²) in [5, 5.41) is 16.2. The fourth-order valence-corrected chi connectivity index (χ4v) is 1.76. The van der Waals surface area contributed by atoms with Crippen molar-refractivity contribution in [1.82, 2.24) is 15.0 Å². The average Bonchev–Trinajstić information content (AvgIpc) is 2.78. The molecule has 2 aromatic rings. The largest absolute Gasteiger partial charge is 0.378 e. The van der Waals surface area contributed by atoms with Crippen LogP contribution in [-0.2, 0) is 6.54 Å². The van der Waals surface area contributed by atoms with Gasteiger partial charge in [-0.2, -0.15) is 0 Å². The van der Waals surface area contributed by atoms with E-state index in [4.69, 9.17) is 5.73 Å². The molecule has 0 aliphatic heterocycles. The standard InChI is InChI=1S/C8H8N6O2S/c9-7-6(14(15)16)8(13-4-12-7)11-3-5-10-1-2-17-5/h1-2,4H,3H2,(H3,9,11,12,13). The molecule has 3 N–H and O–H groups in total. The first-order chi connectivity index (χ1) is 8.18. The maximum atomic E-state index is 10.8. The monoisotopic (exact) mass is 252 g/mol. The van der Waals surface area contributed by atoms with E-state index in [9.17, 15) is 10.1 Å². The Morgan fingerprint density at radius 2 is 2.29 bits per heavy atom. The predicted molar refractivity (Wildman–Crippen MR) is 62.5 cm³/mol. The first kappa shape index (κ1) is 11.2. The third kappa shape index (κ3) is 2.45. The summed E-state index contributed by atoms with van der Waals surface area (Å²) in [4.78, 5) is 21.6. The van der Waals surface area contributed by atoms with Crippen molar-refractivity contribution >= 4 is 28.7 Å². The zero-order valence-corrected chi connectivity index (χ0v) is 9.35. The fourth-order valence-electron chi connectivity index (χ4n) is 1.20. The molecular formula is C8H8N6O2S. The molecule has 0 aromatic carbocycles. The van der Waals surface area contributed by atoms with Crippen molar-refractivity contribution in [1.29, 1.82) is 0 Å². The SMILES string of the molecule is Nc1ncnc(NCc2nccs2)c1[N+](=O)[O-]. The lowest BCUT2D eigenvalue weighted by Crippen LogP contribution is -2.07. The molecule has 0 bridgehead atoms. The van der Waals surface area contributed by atoms with E-state index in [-0.39, 0.29) is 17.3 Å². The van der Waals surface area contributed by atoms with Crippen molar-refractivity contribution in [2.24, 2.45) is 0 Å². The van der Waals surface area contributed by atoms with Gasteiger partial charge in [0.25, 0.3) is 0 Å². The summed E-state index contributed by atoms with van der Waals surface area (Å²) in [5.74, 6) is -0.0654. The number of hydrogen-bond donors (Lipinski definition) is 2. The van der Waals surface area contributed by atoms with Gasteiger partial charge >= 0.3 is 5.69 Å². The van der Waals surface area contributed by atoms with Crippen LogP contribution in [0, 0.1) is 10.1 Å². The predicted octanol–water partition coefficient (Wildman–Crippen LogP) is 1.04. The molecule has 0 saturated heterocycles. The minimum Gasteiger partial charge on any atom is -0.378 e. The molecule has 0 radical (unpaired) electrons. The number of anilines is 2. The van der Waals surface area contributed by atoms with Crippen LogP contribution in [0.25, 0.3) is 0 Å². The van der Waals surface area contributed by atoms with Crippen molar-refractivity contribution in [2.45, 2.75) is 6.54 Å². The normalized spacial score (nSPS) is 10.1. The van der Waals surface area contributed by atoms with E-state index in [1.807, 2.05) is 5.38 Å². The molecule has 0 spiro atoms. The number of nitrogen functional groups attached to an aromatic ring is 1. The maximum Gasteiger partial charge on any atom is 0.352 e. The summed E-state index contributed by atoms with van der Waals surface area (Å²) in [6.45, 7) is 0.356. The van der Waals surface area contributed by atoms with Gasteiger partial charge in [0.05, 0.1) is 11.5 Å². The summed E-state index contributed by atoms with van der Waals surface area (Å²) < 4.78 is 0. The van der Waals surface area contributed by atoms with Gasteiger partial charge in [-0.15, -0.1) is 11.3 Å². The van der Waals surface area contributed by atoms with Crippen LogP contribution in [0.5, 0.6) is 0 Å². The van der Waals surface area contributed by atoms with E-state index in [0.29, 0.717) is 6.54 Å². The van der Waals surface area contributed by atoms with Crippen LogP contribution in [0.3, 0.4) is 0 Å². The number of nitrogens with one attached hydrogen (secondary N) is 1. The molecule has 2 heterocycles. The minimum absolute atomic E-state index is 0.0951. The van der Waals surface area contributed by atoms with Crippen molar-refractivity contribution in [3.63, 3.8) is 0 Å². The first-order valence-electron chi connectivity index (χ1n) is 4.55. The Morgan fingerprint density at radius 1 is 1.47 bits per heavy atom. The maximum absolute atomic E-state index is 10.8. The van der Waals surface area contributed by atoms with Crippen LogP contribution in [0.2, 0.25) is 0 Å². The van der Waals surface area contributed by atoms with E-state index >= 15 is 0 Å². The van der Waals surface area contributed by atoms with Gasteiger partial charge in [0, 0.05) is 11.6 Å². The van der Waals surface area contributed by atoms with Gasteiger partial charge in [-0.1, -0.05) is 0 Å². The Hall–Kier alpha value is -2.29. The van der Waals surface area contributed by atoms with Gasteiger partial charge in [0.15, 0.2) is 0 Å². The van der Waals surface area contributed by atoms with Gasteiger partial charge in [0.1, 0.15) is 11.3 Å². The van der Waals surface area contributed by atoms with E-state index < -0.39 is 4.92 Å². The molecular weight excluding hydrogens is 244 g/mol. The smallest absolute Gasteiger partial charge is 0.352 e. The lowest BCUT2D eigenvalue weighted by atomic mass is 10.4. The highest BCUT2D eigenvalue weighted by Gasteiger charge is 2.20. The van der Waals surface area contributed by atoms with Gasteiger partial charge in [-0.05, 0) is 0 Å². The molecule has 0 saturated carbocycles. The number of rotatable bonds is 4.